The zero-order chi connectivity index (χ0) is 19.0. The van der Waals surface area contributed by atoms with E-state index < -0.39 is 0 Å². The molecule has 7 nitrogen and oxygen atoms in total. The number of rotatable bonds is 6. The van der Waals surface area contributed by atoms with Crippen molar-refractivity contribution in [2.45, 2.75) is 52.6 Å². The van der Waals surface area contributed by atoms with Crippen LogP contribution in [-0.2, 0) is 19.4 Å². The van der Waals surface area contributed by atoms with Gasteiger partial charge >= 0.3 is 5.63 Å². The summed E-state index contributed by atoms with van der Waals surface area (Å²) in [6.45, 7) is 6.87. The SMILES string of the molecule is Cc1nonc1CNC(C)COc1ccc2c3c(c(=O)oc2c1C)CCC3. The van der Waals surface area contributed by atoms with Crippen LogP contribution in [0.5, 0.6) is 5.75 Å². The van der Waals surface area contributed by atoms with Gasteiger partial charge in [0.2, 0.25) is 0 Å². The number of ether oxygens (including phenoxy) is 1. The summed E-state index contributed by atoms with van der Waals surface area (Å²) in [7, 11) is 0. The normalized spacial score (nSPS) is 14.5. The minimum absolute atomic E-state index is 0.100. The Morgan fingerprint density at radius 2 is 2.04 bits per heavy atom. The number of nitrogens with zero attached hydrogens (tertiary/aromatic N) is 2. The van der Waals surface area contributed by atoms with Crippen LogP contribution < -0.4 is 15.7 Å². The Hall–Kier alpha value is -2.67. The fourth-order valence-electron chi connectivity index (χ4n) is 3.57. The minimum Gasteiger partial charge on any atom is -0.492 e. The van der Waals surface area contributed by atoms with Crippen LogP contribution in [0.15, 0.2) is 26.0 Å². The van der Waals surface area contributed by atoms with E-state index in [9.17, 15) is 4.79 Å². The van der Waals surface area contributed by atoms with Gasteiger partial charge in [-0.15, -0.1) is 0 Å². The summed E-state index contributed by atoms with van der Waals surface area (Å²) in [5.41, 5.74) is 4.85. The van der Waals surface area contributed by atoms with Gasteiger partial charge < -0.3 is 14.5 Å². The Bertz CT molecular complexity index is 1040. The molecule has 0 radical (unpaired) electrons. The van der Waals surface area contributed by atoms with Crippen LogP contribution in [0, 0.1) is 13.8 Å². The van der Waals surface area contributed by atoms with Crippen molar-refractivity contribution in [3.05, 3.63) is 50.6 Å². The third kappa shape index (κ3) is 3.35. The Labute approximate surface area is 156 Å². The summed E-state index contributed by atoms with van der Waals surface area (Å²) in [6, 6.07) is 4.07. The maximum absolute atomic E-state index is 12.2. The first-order valence-electron chi connectivity index (χ1n) is 9.27. The average Bonchev–Trinajstić information content (AvgIpc) is 3.30. The van der Waals surface area contributed by atoms with Gasteiger partial charge in [-0.05, 0) is 57.7 Å². The van der Waals surface area contributed by atoms with Crippen LogP contribution in [0.4, 0.5) is 0 Å². The number of aryl methyl sites for hydroxylation is 3. The van der Waals surface area contributed by atoms with Crippen molar-refractivity contribution in [1.29, 1.82) is 0 Å². The molecule has 0 spiro atoms. The van der Waals surface area contributed by atoms with E-state index in [1.165, 1.54) is 0 Å². The molecule has 1 N–H and O–H groups in total. The lowest BCUT2D eigenvalue weighted by Gasteiger charge is -2.16. The minimum atomic E-state index is -0.207. The van der Waals surface area contributed by atoms with Crippen LogP contribution in [0.2, 0.25) is 0 Å². The van der Waals surface area contributed by atoms with Gasteiger partial charge in [-0.25, -0.2) is 9.42 Å². The van der Waals surface area contributed by atoms with Crippen LogP contribution in [0.3, 0.4) is 0 Å². The summed E-state index contributed by atoms with van der Waals surface area (Å²) in [6.07, 6.45) is 2.77. The summed E-state index contributed by atoms with van der Waals surface area (Å²) < 4.78 is 16.3. The highest BCUT2D eigenvalue weighted by Crippen LogP contribution is 2.33. The molecule has 1 aliphatic carbocycles. The molecule has 27 heavy (non-hydrogen) atoms. The number of nitrogens with one attached hydrogen (secondary N) is 1. The van der Waals surface area contributed by atoms with Crippen molar-refractivity contribution in [3.8, 4) is 5.75 Å². The molecular formula is C20H23N3O4. The summed E-state index contributed by atoms with van der Waals surface area (Å²) in [5, 5.41) is 12.0. The van der Waals surface area contributed by atoms with Crippen molar-refractivity contribution >= 4 is 11.0 Å². The summed E-state index contributed by atoms with van der Waals surface area (Å²) in [5.74, 6) is 0.733. The number of hydrogen-bond acceptors (Lipinski definition) is 7. The summed E-state index contributed by atoms with van der Waals surface area (Å²) >= 11 is 0. The third-order valence-electron chi connectivity index (χ3n) is 5.19. The molecule has 0 saturated heterocycles. The maximum Gasteiger partial charge on any atom is 0.339 e. The molecule has 2 heterocycles. The Balaban J connectivity index is 1.48. The molecule has 7 heteroatoms. The number of fused-ring (bicyclic) bond motifs is 3. The quantitative estimate of drug-likeness (QED) is 0.668. The Morgan fingerprint density at radius 1 is 1.22 bits per heavy atom. The van der Waals surface area contributed by atoms with Gasteiger partial charge in [-0.1, -0.05) is 10.3 Å². The monoisotopic (exact) mass is 369 g/mol. The number of hydrogen-bond donors (Lipinski definition) is 1. The lowest BCUT2D eigenvalue weighted by atomic mass is 10.0. The molecule has 3 aromatic rings. The Morgan fingerprint density at radius 3 is 2.81 bits per heavy atom. The largest absolute Gasteiger partial charge is 0.492 e. The van der Waals surface area contributed by atoms with E-state index in [2.05, 4.69) is 15.6 Å². The smallest absolute Gasteiger partial charge is 0.339 e. The van der Waals surface area contributed by atoms with E-state index in [1.807, 2.05) is 32.9 Å². The molecule has 1 atom stereocenters. The first kappa shape index (κ1) is 17.7. The molecule has 1 aliphatic rings. The molecule has 1 aromatic carbocycles. The van der Waals surface area contributed by atoms with E-state index in [0.29, 0.717) is 18.7 Å². The number of aromatic nitrogens is 2. The first-order chi connectivity index (χ1) is 13.0. The van der Waals surface area contributed by atoms with Gasteiger partial charge in [0.1, 0.15) is 29.3 Å². The third-order valence-corrected chi connectivity index (χ3v) is 5.19. The van der Waals surface area contributed by atoms with E-state index in [4.69, 9.17) is 13.8 Å². The van der Waals surface area contributed by atoms with Crippen LogP contribution in [0.25, 0.3) is 11.0 Å². The topological polar surface area (TPSA) is 90.4 Å². The highest BCUT2D eigenvalue weighted by molar-refractivity contribution is 5.86. The zero-order valence-corrected chi connectivity index (χ0v) is 15.8. The predicted octanol–water partition coefficient (Wildman–Crippen LogP) is 2.84. The molecule has 0 amide bonds. The highest BCUT2D eigenvalue weighted by atomic mass is 16.6. The van der Waals surface area contributed by atoms with Crippen LogP contribution >= 0.6 is 0 Å². The standard InChI is InChI=1S/C20H23N3O4/c1-11(21-9-17-13(3)22-27-23-17)10-25-18-8-7-15-14-5-4-6-16(14)20(24)26-19(15)12(18)2/h7-8,11,21H,4-6,9-10H2,1-3H3. The van der Waals surface area contributed by atoms with Gasteiger partial charge in [0.25, 0.3) is 0 Å². The highest BCUT2D eigenvalue weighted by Gasteiger charge is 2.21. The van der Waals surface area contributed by atoms with Crippen molar-refractivity contribution in [2.24, 2.45) is 0 Å². The van der Waals surface area contributed by atoms with Crippen molar-refractivity contribution in [2.75, 3.05) is 6.61 Å². The van der Waals surface area contributed by atoms with Crippen molar-refractivity contribution in [1.82, 2.24) is 15.6 Å². The number of benzene rings is 1. The van der Waals surface area contributed by atoms with Crippen LogP contribution in [-0.4, -0.2) is 23.0 Å². The molecule has 0 fully saturated rings. The van der Waals surface area contributed by atoms with E-state index in [1.54, 1.807) is 0 Å². The molecule has 0 bridgehead atoms. The van der Waals surface area contributed by atoms with Gasteiger partial charge in [0, 0.05) is 29.1 Å². The maximum atomic E-state index is 12.2. The first-order valence-corrected chi connectivity index (χ1v) is 9.27. The molecule has 0 aliphatic heterocycles. The lowest BCUT2D eigenvalue weighted by Crippen LogP contribution is -2.31. The molecule has 2 aromatic heterocycles. The van der Waals surface area contributed by atoms with Crippen LogP contribution in [0.1, 0.15) is 41.4 Å². The van der Waals surface area contributed by atoms with Gasteiger partial charge in [0.05, 0.1) is 0 Å². The molecule has 4 rings (SSSR count). The van der Waals surface area contributed by atoms with Gasteiger partial charge in [-0.3, -0.25) is 0 Å². The molecule has 1 unspecified atom stereocenters. The van der Waals surface area contributed by atoms with Gasteiger partial charge in [-0.2, -0.15) is 0 Å². The zero-order valence-electron chi connectivity index (χ0n) is 15.8. The van der Waals surface area contributed by atoms with E-state index >= 15 is 0 Å². The lowest BCUT2D eigenvalue weighted by molar-refractivity contribution is 0.268. The van der Waals surface area contributed by atoms with Crippen molar-refractivity contribution < 1.29 is 13.8 Å². The average molecular weight is 369 g/mol. The second-order valence-corrected chi connectivity index (χ2v) is 7.15. The fraction of sp³-hybridized carbons (Fsp3) is 0.450. The van der Waals surface area contributed by atoms with Crippen molar-refractivity contribution in [3.63, 3.8) is 0 Å². The molecular weight excluding hydrogens is 346 g/mol. The molecule has 142 valence electrons. The Kier molecular flexibility index (Phi) is 4.70. The predicted molar refractivity (Wildman–Crippen MR) is 100 cm³/mol. The van der Waals surface area contributed by atoms with Gasteiger partial charge in [0.15, 0.2) is 0 Å². The second kappa shape index (κ2) is 7.15. The van der Waals surface area contributed by atoms with E-state index in [-0.39, 0.29) is 11.7 Å². The summed E-state index contributed by atoms with van der Waals surface area (Å²) in [4.78, 5) is 12.2. The second-order valence-electron chi connectivity index (χ2n) is 7.15. The fourth-order valence-corrected chi connectivity index (χ4v) is 3.57. The molecule has 0 saturated carbocycles. The van der Waals surface area contributed by atoms with E-state index in [0.717, 1.165) is 58.5 Å².